The first-order valence-electron chi connectivity index (χ1n) is 17.7. The highest BCUT2D eigenvalue weighted by Crippen LogP contribution is 2.43. The van der Waals surface area contributed by atoms with E-state index in [-0.39, 0.29) is 5.41 Å². The van der Waals surface area contributed by atoms with Crippen molar-refractivity contribution in [3.8, 4) is 5.75 Å². The van der Waals surface area contributed by atoms with Gasteiger partial charge in [0.15, 0.2) is 0 Å². The molecule has 0 spiro atoms. The molecule has 3 heteroatoms. The Morgan fingerprint density at radius 2 is 1.24 bits per heavy atom. The van der Waals surface area contributed by atoms with Crippen LogP contribution in [-0.4, -0.2) is 6.61 Å². The Kier molecular flexibility index (Phi) is 19.8. The fraction of sp³-hybridized carbons (Fsp3) is 0.692. The summed E-state index contributed by atoms with van der Waals surface area (Å²) in [6.45, 7) is 12.4. The lowest BCUT2D eigenvalue weighted by Gasteiger charge is -2.27. The molecule has 2 rings (SSSR count). The third-order valence-corrected chi connectivity index (χ3v) is 10.5. The third-order valence-electron chi connectivity index (χ3n) is 8.72. The maximum absolute atomic E-state index is 6.33. The summed E-state index contributed by atoms with van der Waals surface area (Å²) >= 11 is 6.81. The Morgan fingerprint density at radius 3 is 1.86 bits per heavy atom. The van der Waals surface area contributed by atoms with Crippen molar-refractivity contribution in [2.75, 3.05) is 6.61 Å². The van der Waals surface area contributed by atoms with Crippen LogP contribution in [0.1, 0.15) is 168 Å². The highest BCUT2D eigenvalue weighted by atomic mass is 32.2. The highest BCUT2D eigenvalue weighted by molar-refractivity contribution is 8.00. The summed E-state index contributed by atoms with van der Waals surface area (Å²) in [6.07, 6.45) is 26.6. The lowest BCUT2D eigenvalue weighted by molar-refractivity contribution is 0.302. The van der Waals surface area contributed by atoms with Gasteiger partial charge >= 0.3 is 0 Å². The SMILES string of the molecule is CCCCCCCCCCCCCCCc1cccc(S)c1Sc1cc(C(C)(C)CCCCC)ccc1OCCCC. The molecule has 238 valence electrons. The predicted octanol–water partition coefficient (Wildman–Crippen LogP) is 13.8. The van der Waals surface area contributed by atoms with Crippen LogP contribution in [0.25, 0.3) is 0 Å². The Bertz CT molecular complexity index is 967. The molecule has 0 aromatic heterocycles. The van der Waals surface area contributed by atoms with Gasteiger partial charge in [-0.1, -0.05) is 167 Å². The predicted molar refractivity (Wildman–Crippen MR) is 191 cm³/mol. The number of ether oxygens (including phenoxy) is 1. The van der Waals surface area contributed by atoms with E-state index >= 15 is 0 Å². The van der Waals surface area contributed by atoms with Crippen LogP contribution in [0.15, 0.2) is 51.1 Å². The van der Waals surface area contributed by atoms with Crippen LogP contribution in [0, 0.1) is 0 Å². The van der Waals surface area contributed by atoms with E-state index in [0.717, 1.165) is 36.5 Å². The van der Waals surface area contributed by atoms with Crippen LogP contribution in [0.2, 0.25) is 0 Å². The molecule has 0 saturated heterocycles. The Morgan fingerprint density at radius 1 is 0.667 bits per heavy atom. The monoisotopic (exact) mass is 612 g/mol. The van der Waals surface area contributed by atoms with Gasteiger partial charge in [0.2, 0.25) is 0 Å². The third kappa shape index (κ3) is 14.6. The van der Waals surface area contributed by atoms with E-state index in [1.54, 1.807) is 0 Å². The maximum atomic E-state index is 6.33. The quantitative estimate of drug-likeness (QED) is 0.0882. The van der Waals surface area contributed by atoms with Crippen LogP contribution in [0.3, 0.4) is 0 Å². The average molecular weight is 613 g/mol. The van der Waals surface area contributed by atoms with Crippen molar-refractivity contribution in [2.45, 2.75) is 183 Å². The van der Waals surface area contributed by atoms with Gasteiger partial charge in [-0.3, -0.25) is 0 Å². The first-order valence-corrected chi connectivity index (χ1v) is 18.9. The minimum atomic E-state index is 0.157. The first-order chi connectivity index (χ1) is 20.4. The van der Waals surface area contributed by atoms with Gasteiger partial charge in [-0.15, -0.1) is 12.6 Å². The van der Waals surface area contributed by atoms with E-state index in [2.05, 4.69) is 71.0 Å². The van der Waals surface area contributed by atoms with Gasteiger partial charge < -0.3 is 4.74 Å². The van der Waals surface area contributed by atoms with E-state index in [0.29, 0.717) is 0 Å². The van der Waals surface area contributed by atoms with Gasteiger partial charge in [-0.2, -0.15) is 0 Å². The molecule has 0 aliphatic carbocycles. The van der Waals surface area contributed by atoms with Gasteiger partial charge in [0.1, 0.15) is 5.75 Å². The van der Waals surface area contributed by atoms with Crippen molar-refractivity contribution in [1.29, 1.82) is 0 Å². The molecule has 1 nitrogen and oxygen atoms in total. The summed E-state index contributed by atoms with van der Waals surface area (Å²) in [7, 11) is 0. The molecule has 0 unspecified atom stereocenters. The number of benzene rings is 2. The fourth-order valence-corrected chi connectivity index (χ4v) is 7.22. The lowest BCUT2D eigenvalue weighted by Crippen LogP contribution is -2.17. The van der Waals surface area contributed by atoms with Crippen molar-refractivity contribution in [1.82, 2.24) is 0 Å². The summed E-state index contributed by atoms with van der Waals surface area (Å²) < 4.78 is 6.33. The van der Waals surface area contributed by atoms with Crippen molar-refractivity contribution < 1.29 is 4.74 Å². The zero-order valence-electron chi connectivity index (χ0n) is 28.1. The highest BCUT2D eigenvalue weighted by Gasteiger charge is 2.22. The van der Waals surface area contributed by atoms with Gasteiger partial charge in [-0.05, 0) is 60.4 Å². The van der Waals surface area contributed by atoms with Crippen LogP contribution in [0.4, 0.5) is 0 Å². The van der Waals surface area contributed by atoms with Gasteiger partial charge in [0, 0.05) is 9.79 Å². The molecule has 2 aromatic carbocycles. The molecule has 0 aliphatic rings. The fourth-order valence-electron chi connectivity index (χ4n) is 5.74. The Balaban J connectivity index is 1.96. The van der Waals surface area contributed by atoms with Crippen LogP contribution in [0.5, 0.6) is 5.75 Å². The van der Waals surface area contributed by atoms with Crippen LogP contribution in [-0.2, 0) is 11.8 Å². The summed E-state index contributed by atoms with van der Waals surface area (Å²) in [5.74, 6) is 1.02. The topological polar surface area (TPSA) is 9.23 Å². The Labute approximate surface area is 271 Å². The summed E-state index contributed by atoms with van der Waals surface area (Å²) in [5, 5.41) is 0. The number of hydrogen-bond acceptors (Lipinski definition) is 3. The second-order valence-electron chi connectivity index (χ2n) is 13.1. The van der Waals surface area contributed by atoms with E-state index in [1.807, 2.05) is 11.8 Å². The molecule has 0 fully saturated rings. The minimum absolute atomic E-state index is 0.157. The van der Waals surface area contributed by atoms with Gasteiger partial charge in [0.05, 0.1) is 11.5 Å². The van der Waals surface area contributed by atoms with E-state index in [1.165, 1.54) is 130 Å². The number of hydrogen-bond donors (Lipinski definition) is 1. The number of aryl methyl sites for hydroxylation is 1. The molecule has 42 heavy (non-hydrogen) atoms. The normalized spacial score (nSPS) is 11.8. The second kappa shape index (κ2) is 22.4. The number of unbranched alkanes of at least 4 members (excludes halogenated alkanes) is 15. The molecule has 0 atom stereocenters. The largest absolute Gasteiger partial charge is 0.492 e. The molecule has 0 saturated carbocycles. The zero-order chi connectivity index (χ0) is 30.5. The van der Waals surface area contributed by atoms with Crippen molar-refractivity contribution in [2.24, 2.45) is 0 Å². The van der Waals surface area contributed by atoms with Crippen LogP contribution < -0.4 is 4.74 Å². The zero-order valence-corrected chi connectivity index (χ0v) is 29.8. The molecular formula is C39H64OS2. The molecule has 2 aromatic rings. The van der Waals surface area contributed by atoms with Crippen molar-refractivity contribution >= 4 is 24.4 Å². The minimum Gasteiger partial charge on any atom is -0.492 e. The molecule has 0 heterocycles. The first kappa shape index (κ1) is 37.1. The van der Waals surface area contributed by atoms with Gasteiger partial charge in [-0.25, -0.2) is 0 Å². The molecule has 0 amide bonds. The standard InChI is InChI=1S/C39H64OS2/c1-6-9-12-13-14-15-16-17-18-19-20-21-22-25-33-26-24-27-36(41)38(33)42-37-32-34(39(4,5)30-23-10-7-2)28-29-35(37)40-31-11-8-3/h24,26-29,32,41H,6-23,25,30-31H2,1-5H3. The van der Waals surface area contributed by atoms with E-state index < -0.39 is 0 Å². The average Bonchev–Trinajstić information content (AvgIpc) is 2.97. The smallest absolute Gasteiger partial charge is 0.133 e. The molecule has 0 aliphatic heterocycles. The number of rotatable bonds is 25. The van der Waals surface area contributed by atoms with Crippen LogP contribution >= 0.6 is 24.4 Å². The molecule has 0 bridgehead atoms. The summed E-state index contributed by atoms with van der Waals surface area (Å²) in [4.78, 5) is 3.63. The van der Waals surface area contributed by atoms with E-state index in [9.17, 15) is 0 Å². The summed E-state index contributed by atoms with van der Waals surface area (Å²) in [6, 6.07) is 13.6. The lowest BCUT2D eigenvalue weighted by atomic mass is 9.80. The van der Waals surface area contributed by atoms with E-state index in [4.69, 9.17) is 17.4 Å². The second-order valence-corrected chi connectivity index (χ2v) is 14.6. The molecule has 0 radical (unpaired) electrons. The van der Waals surface area contributed by atoms with Crippen molar-refractivity contribution in [3.05, 3.63) is 47.5 Å². The summed E-state index contributed by atoms with van der Waals surface area (Å²) in [5.41, 5.74) is 3.01. The Hall–Kier alpha value is -1.06. The molecule has 0 N–H and O–H groups in total. The van der Waals surface area contributed by atoms with Gasteiger partial charge in [0.25, 0.3) is 0 Å². The number of thiol groups is 1. The molecular weight excluding hydrogens is 549 g/mol. The maximum Gasteiger partial charge on any atom is 0.133 e. The van der Waals surface area contributed by atoms with Crippen molar-refractivity contribution in [3.63, 3.8) is 0 Å².